The van der Waals surface area contributed by atoms with Gasteiger partial charge >= 0.3 is 6.09 Å². The van der Waals surface area contributed by atoms with E-state index in [1.807, 2.05) is 30.5 Å². The molecule has 0 saturated carbocycles. The number of hydrogen-bond acceptors (Lipinski definition) is 3. The molecule has 2 N–H and O–H groups in total. The molecule has 0 aliphatic carbocycles. The lowest BCUT2D eigenvalue weighted by Gasteiger charge is -2.28. The van der Waals surface area contributed by atoms with Gasteiger partial charge in [0.1, 0.15) is 11.6 Å². The van der Waals surface area contributed by atoms with Crippen molar-refractivity contribution in [3.05, 3.63) is 36.3 Å². The van der Waals surface area contributed by atoms with E-state index < -0.39 is 6.09 Å². The predicted molar refractivity (Wildman–Crippen MR) is 82.1 cm³/mol. The molecule has 3 rings (SSSR count). The van der Waals surface area contributed by atoms with Crippen LogP contribution in [0.2, 0.25) is 0 Å². The van der Waals surface area contributed by atoms with E-state index in [1.165, 1.54) is 4.90 Å². The fraction of sp³-hybridized carbons (Fsp3) is 0.375. The van der Waals surface area contributed by atoms with E-state index in [9.17, 15) is 4.79 Å². The Bertz CT molecular complexity index is 643. The number of likely N-dealkylation sites (tertiary alicyclic amines) is 1. The summed E-state index contributed by atoms with van der Waals surface area (Å²) < 4.78 is 5.15. The highest BCUT2D eigenvalue weighted by Crippen LogP contribution is 2.28. The fourth-order valence-corrected chi connectivity index (χ4v) is 2.80. The third-order valence-electron chi connectivity index (χ3n) is 4.14. The highest BCUT2D eigenvalue weighted by Gasteiger charge is 2.25. The fourth-order valence-electron chi connectivity index (χ4n) is 2.80. The number of nitrogens with one attached hydrogen (secondary N) is 1. The largest absolute Gasteiger partial charge is 0.497 e. The second kappa shape index (κ2) is 6.09. The SMILES string of the molecule is COc1ccc(-c2c[nH]c(C3CCN(C(=O)O)CC3)n2)cc1. The van der Waals surface area contributed by atoms with Crippen LogP contribution in [0.5, 0.6) is 5.75 Å². The van der Waals surface area contributed by atoms with Gasteiger partial charge in [0, 0.05) is 30.8 Å². The third-order valence-corrected chi connectivity index (χ3v) is 4.14. The molecule has 0 radical (unpaired) electrons. The maximum atomic E-state index is 10.9. The molecule has 0 bridgehead atoms. The van der Waals surface area contributed by atoms with Crippen LogP contribution < -0.4 is 4.74 Å². The number of rotatable bonds is 3. The number of aromatic amines is 1. The number of imidazole rings is 1. The molecule has 6 heteroatoms. The monoisotopic (exact) mass is 301 g/mol. The standard InChI is InChI=1S/C16H19N3O3/c1-22-13-4-2-11(3-5-13)14-10-17-15(18-14)12-6-8-19(9-7-12)16(20)21/h2-5,10,12H,6-9H2,1H3,(H,17,18)(H,20,21). The molecule has 0 spiro atoms. The molecule has 1 saturated heterocycles. The second-order valence-electron chi connectivity index (χ2n) is 5.44. The van der Waals surface area contributed by atoms with Gasteiger partial charge in [0.05, 0.1) is 12.8 Å². The van der Waals surface area contributed by atoms with Crippen molar-refractivity contribution in [2.45, 2.75) is 18.8 Å². The normalized spacial score (nSPS) is 15.8. The van der Waals surface area contributed by atoms with Gasteiger partial charge in [0.2, 0.25) is 0 Å². The average molecular weight is 301 g/mol. The number of carbonyl (C=O) groups is 1. The molecule has 1 aromatic carbocycles. The van der Waals surface area contributed by atoms with Gasteiger partial charge in [-0.2, -0.15) is 0 Å². The van der Waals surface area contributed by atoms with Gasteiger partial charge in [-0.3, -0.25) is 0 Å². The third kappa shape index (κ3) is 2.90. The van der Waals surface area contributed by atoms with E-state index in [4.69, 9.17) is 9.84 Å². The van der Waals surface area contributed by atoms with Crippen molar-refractivity contribution in [1.82, 2.24) is 14.9 Å². The molecule has 1 amide bonds. The first kappa shape index (κ1) is 14.4. The first-order chi connectivity index (χ1) is 10.7. The summed E-state index contributed by atoms with van der Waals surface area (Å²) in [5.41, 5.74) is 1.93. The Morgan fingerprint density at radius 3 is 2.59 bits per heavy atom. The van der Waals surface area contributed by atoms with Crippen LogP contribution in [0.15, 0.2) is 30.5 Å². The van der Waals surface area contributed by atoms with Crippen molar-refractivity contribution in [2.75, 3.05) is 20.2 Å². The summed E-state index contributed by atoms with van der Waals surface area (Å²) >= 11 is 0. The summed E-state index contributed by atoms with van der Waals surface area (Å²) in [6.45, 7) is 1.14. The first-order valence-corrected chi connectivity index (χ1v) is 7.35. The highest BCUT2D eigenvalue weighted by molar-refractivity contribution is 5.65. The molecule has 22 heavy (non-hydrogen) atoms. The lowest BCUT2D eigenvalue weighted by molar-refractivity contribution is 0.131. The van der Waals surface area contributed by atoms with Crippen molar-refractivity contribution in [2.24, 2.45) is 0 Å². The van der Waals surface area contributed by atoms with E-state index in [0.717, 1.165) is 35.7 Å². The Labute approximate surface area is 128 Å². The Hall–Kier alpha value is -2.50. The lowest BCUT2D eigenvalue weighted by atomic mass is 9.96. The second-order valence-corrected chi connectivity index (χ2v) is 5.44. The van der Waals surface area contributed by atoms with Gasteiger partial charge in [-0.15, -0.1) is 0 Å². The first-order valence-electron chi connectivity index (χ1n) is 7.35. The molecular formula is C16H19N3O3. The molecule has 1 aromatic heterocycles. The number of nitrogens with zero attached hydrogens (tertiary/aromatic N) is 2. The van der Waals surface area contributed by atoms with E-state index in [-0.39, 0.29) is 0 Å². The van der Waals surface area contributed by atoms with E-state index in [2.05, 4.69) is 9.97 Å². The molecule has 2 heterocycles. The summed E-state index contributed by atoms with van der Waals surface area (Å²) in [5.74, 6) is 2.05. The molecule has 1 aliphatic rings. The molecule has 2 aromatic rings. The Morgan fingerprint density at radius 1 is 1.32 bits per heavy atom. The maximum absolute atomic E-state index is 10.9. The van der Waals surface area contributed by atoms with Gasteiger partial charge in [-0.25, -0.2) is 9.78 Å². The van der Waals surface area contributed by atoms with Crippen LogP contribution in [-0.4, -0.2) is 46.3 Å². The van der Waals surface area contributed by atoms with Gasteiger partial charge in [-0.1, -0.05) is 0 Å². The van der Waals surface area contributed by atoms with Gasteiger partial charge in [0.15, 0.2) is 0 Å². The van der Waals surface area contributed by atoms with Crippen molar-refractivity contribution in [3.8, 4) is 17.0 Å². The predicted octanol–water partition coefficient (Wildman–Crippen LogP) is 2.94. The minimum atomic E-state index is -0.836. The average Bonchev–Trinajstić information content (AvgIpc) is 3.05. The molecule has 1 aliphatic heterocycles. The topological polar surface area (TPSA) is 78.5 Å². The number of carboxylic acid groups (broad SMARTS) is 1. The summed E-state index contributed by atoms with van der Waals surface area (Å²) in [7, 11) is 1.64. The van der Waals surface area contributed by atoms with Crippen LogP contribution in [0.4, 0.5) is 4.79 Å². The van der Waals surface area contributed by atoms with E-state index >= 15 is 0 Å². The smallest absolute Gasteiger partial charge is 0.407 e. The van der Waals surface area contributed by atoms with Gasteiger partial charge < -0.3 is 19.7 Å². The molecule has 0 unspecified atom stereocenters. The van der Waals surface area contributed by atoms with Crippen LogP contribution in [0.25, 0.3) is 11.3 Å². The van der Waals surface area contributed by atoms with Crippen molar-refractivity contribution >= 4 is 6.09 Å². The van der Waals surface area contributed by atoms with Gasteiger partial charge in [0.25, 0.3) is 0 Å². The Kier molecular flexibility index (Phi) is 4.00. The van der Waals surface area contributed by atoms with Crippen LogP contribution >= 0.6 is 0 Å². The number of amides is 1. The lowest BCUT2D eigenvalue weighted by Crippen LogP contribution is -2.37. The zero-order valence-corrected chi connectivity index (χ0v) is 12.5. The van der Waals surface area contributed by atoms with Crippen LogP contribution in [-0.2, 0) is 0 Å². The number of methoxy groups -OCH3 is 1. The highest BCUT2D eigenvalue weighted by atomic mass is 16.5. The zero-order chi connectivity index (χ0) is 15.5. The number of H-pyrrole nitrogens is 1. The molecule has 116 valence electrons. The molecular weight excluding hydrogens is 282 g/mol. The Morgan fingerprint density at radius 2 is 2.00 bits per heavy atom. The summed E-state index contributed by atoms with van der Waals surface area (Å²) in [6, 6.07) is 7.78. The number of piperidine rings is 1. The summed E-state index contributed by atoms with van der Waals surface area (Å²) in [6.07, 6.45) is 2.68. The minimum Gasteiger partial charge on any atom is -0.497 e. The van der Waals surface area contributed by atoms with Crippen molar-refractivity contribution in [3.63, 3.8) is 0 Å². The summed E-state index contributed by atoms with van der Waals surface area (Å²) in [4.78, 5) is 20.3. The number of hydrogen-bond donors (Lipinski definition) is 2. The molecule has 6 nitrogen and oxygen atoms in total. The minimum absolute atomic E-state index is 0.294. The maximum Gasteiger partial charge on any atom is 0.407 e. The van der Waals surface area contributed by atoms with Crippen LogP contribution in [0, 0.1) is 0 Å². The number of ether oxygens (including phenoxy) is 1. The van der Waals surface area contributed by atoms with Gasteiger partial charge in [-0.05, 0) is 37.1 Å². The Balaban J connectivity index is 1.70. The van der Waals surface area contributed by atoms with Crippen LogP contribution in [0.1, 0.15) is 24.6 Å². The van der Waals surface area contributed by atoms with Crippen LogP contribution in [0.3, 0.4) is 0 Å². The molecule has 0 atom stereocenters. The van der Waals surface area contributed by atoms with Crippen molar-refractivity contribution < 1.29 is 14.6 Å². The van der Waals surface area contributed by atoms with Crippen molar-refractivity contribution in [1.29, 1.82) is 0 Å². The number of aromatic nitrogens is 2. The van der Waals surface area contributed by atoms with E-state index in [1.54, 1.807) is 7.11 Å². The quantitative estimate of drug-likeness (QED) is 0.913. The molecule has 1 fully saturated rings. The van der Waals surface area contributed by atoms with E-state index in [0.29, 0.717) is 19.0 Å². The zero-order valence-electron chi connectivity index (χ0n) is 12.5. The summed E-state index contributed by atoms with van der Waals surface area (Å²) in [5, 5.41) is 8.98. The number of benzene rings is 1.